The van der Waals surface area contributed by atoms with E-state index in [1.54, 1.807) is 11.3 Å². The van der Waals surface area contributed by atoms with Gasteiger partial charge < -0.3 is 0 Å². The Labute approximate surface area is 113 Å². The van der Waals surface area contributed by atoms with E-state index in [4.69, 9.17) is 9.97 Å². The lowest BCUT2D eigenvalue weighted by atomic mass is 10.1. The average Bonchev–Trinajstić information content (AvgIpc) is 2.84. The monoisotopic (exact) mass is 262 g/mol. The molecule has 0 aliphatic carbocycles. The summed E-state index contributed by atoms with van der Waals surface area (Å²) in [6, 6.07) is 0. The molecule has 0 amide bonds. The maximum absolute atomic E-state index is 4.77. The lowest BCUT2D eigenvalue weighted by Gasteiger charge is -2.06. The molecular formula is C15H22N2S. The molecule has 0 saturated carbocycles. The molecule has 3 heteroatoms. The number of aromatic nitrogens is 2. The normalized spacial score (nSPS) is 11.2. The Kier molecular flexibility index (Phi) is 5.12. The van der Waals surface area contributed by atoms with Crippen molar-refractivity contribution in [3.05, 3.63) is 22.1 Å². The highest BCUT2D eigenvalue weighted by Crippen LogP contribution is 2.19. The highest BCUT2D eigenvalue weighted by Gasteiger charge is 2.07. The molecule has 0 N–H and O–H groups in total. The van der Waals surface area contributed by atoms with Crippen molar-refractivity contribution in [1.29, 1.82) is 0 Å². The molecule has 0 fully saturated rings. The van der Waals surface area contributed by atoms with Crippen molar-refractivity contribution in [2.24, 2.45) is 0 Å². The van der Waals surface area contributed by atoms with Gasteiger partial charge in [-0.2, -0.15) is 0 Å². The molecule has 0 aliphatic heterocycles. The number of hydrogen-bond donors (Lipinski definition) is 0. The largest absolute Gasteiger partial charge is 0.248 e. The average molecular weight is 262 g/mol. The van der Waals surface area contributed by atoms with Crippen LogP contribution in [0.4, 0.5) is 0 Å². The summed E-state index contributed by atoms with van der Waals surface area (Å²) in [6.07, 6.45) is 8.66. The van der Waals surface area contributed by atoms with Gasteiger partial charge in [-0.15, -0.1) is 11.3 Å². The van der Waals surface area contributed by atoms with Crippen molar-refractivity contribution in [1.82, 2.24) is 9.97 Å². The first-order chi connectivity index (χ1) is 8.85. The van der Waals surface area contributed by atoms with Gasteiger partial charge in [0.1, 0.15) is 0 Å². The molecule has 0 radical (unpaired) electrons. The summed E-state index contributed by atoms with van der Waals surface area (Å²) in [7, 11) is 0. The van der Waals surface area contributed by atoms with Gasteiger partial charge in [0.15, 0.2) is 0 Å². The number of rotatable bonds is 7. The number of thiophene rings is 1. The van der Waals surface area contributed by atoms with Crippen LogP contribution in [0, 0.1) is 0 Å². The summed E-state index contributed by atoms with van der Waals surface area (Å²) >= 11 is 1.69. The van der Waals surface area contributed by atoms with E-state index in [0.717, 1.165) is 23.9 Å². The van der Waals surface area contributed by atoms with E-state index in [1.807, 2.05) is 0 Å². The molecule has 18 heavy (non-hydrogen) atoms. The zero-order chi connectivity index (χ0) is 12.8. The molecule has 0 atom stereocenters. The highest BCUT2D eigenvalue weighted by molar-refractivity contribution is 7.09. The minimum atomic E-state index is 0.989. The van der Waals surface area contributed by atoms with E-state index in [2.05, 4.69) is 24.6 Å². The topological polar surface area (TPSA) is 25.8 Å². The van der Waals surface area contributed by atoms with Crippen LogP contribution in [0.3, 0.4) is 0 Å². The molecule has 0 saturated heterocycles. The van der Waals surface area contributed by atoms with Crippen molar-refractivity contribution in [3.8, 4) is 0 Å². The Bertz CT molecular complexity index is 490. The van der Waals surface area contributed by atoms with Gasteiger partial charge in [0.05, 0.1) is 22.4 Å². The van der Waals surface area contributed by atoms with Gasteiger partial charge in [0, 0.05) is 10.8 Å². The summed E-state index contributed by atoms with van der Waals surface area (Å²) < 4.78 is 0. The molecule has 0 aromatic carbocycles. The SMILES string of the molecule is CCCCCCCc1nc2cscc2nc1CC. The summed E-state index contributed by atoms with van der Waals surface area (Å²) in [5, 5.41) is 4.19. The number of nitrogens with zero attached hydrogens (tertiary/aromatic N) is 2. The Balaban J connectivity index is 2.01. The number of unbranched alkanes of at least 4 members (excludes halogenated alkanes) is 4. The van der Waals surface area contributed by atoms with Crippen LogP contribution in [0.15, 0.2) is 10.8 Å². The van der Waals surface area contributed by atoms with Gasteiger partial charge in [-0.3, -0.25) is 0 Å². The summed E-state index contributed by atoms with van der Waals surface area (Å²) in [5.41, 5.74) is 4.55. The number of aryl methyl sites for hydroxylation is 2. The van der Waals surface area contributed by atoms with Crippen molar-refractivity contribution < 1.29 is 0 Å². The third-order valence-electron chi connectivity index (χ3n) is 3.32. The third-order valence-corrected chi connectivity index (χ3v) is 4.04. The zero-order valence-corrected chi connectivity index (χ0v) is 12.2. The fraction of sp³-hybridized carbons (Fsp3) is 0.600. The molecule has 0 spiro atoms. The molecule has 0 unspecified atom stereocenters. The lowest BCUT2D eigenvalue weighted by molar-refractivity contribution is 0.626. The highest BCUT2D eigenvalue weighted by atomic mass is 32.1. The summed E-state index contributed by atoms with van der Waals surface area (Å²) in [4.78, 5) is 9.49. The smallest absolute Gasteiger partial charge is 0.0997 e. The first-order valence-electron chi connectivity index (χ1n) is 7.06. The maximum Gasteiger partial charge on any atom is 0.0997 e. The zero-order valence-electron chi connectivity index (χ0n) is 11.4. The number of hydrogen-bond acceptors (Lipinski definition) is 3. The second kappa shape index (κ2) is 6.83. The van der Waals surface area contributed by atoms with Crippen LogP contribution in [0.2, 0.25) is 0 Å². The van der Waals surface area contributed by atoms with E-state index < -0.39 is 0 Å². The molecule has 2 nitrogen and oxygen atoms in total. The van der Waals surface area contributed by atoms with E-state index >= 15 is 0 Å². The molecule has 98 valence electrons. The Hall–Kier alpha value is -0.960. The van der Waals surface area contributed by atoms with Gasteiger partial charge >= 0.3 is 0 Å². The van der Waals surface area contributed by atoms with Gasteiger partial charge in [0.2, 0.25) is 0 Å². The maximum atomic E-state index is 4.77. The van der Waals surface area contributed by atoms with Crippen molar-refractivity contribution in [2.75, 3.05) is 0 Å². The van der Waals surface area contributed by atoms with Gasteiger partial charge in [0.25, 0.3) is 0 Å². The van der Waals surface area contributed by atoms with Crippen LogP contribution in [-0.2, 0) is 12.8 Å². The van der Waals surface area contributed by atoms with Crippen LogP contribution in [0.25, 0.3) is 11.0 Å². The van der Waals surface area contributed by atoms with Crippen LogP contribution in [-0.4, -0.2) is 9.97 Å². The van der Waals surface area contributed by atoms with Crippen molar-refractivity contribution in [2.45, 2.75) is 58.8 Å². The fourth-order valence-corrected chi connectivity index (χ4v) is 2.92. The van der Waals surface area contributed by atoms with Crippen molar-refractivity contribution >= 4 is 22.4 Å². The van der Waals surface area contributed by atoms with E-state index in [1.165, 1.54) is 43.5 Å². The molecule has 2 aromatic heterocycles. The first-order valence-corrected chi connectivity index (χ1v) is 8.01. The fourth-order valence-electron chi connectivity index (χ4n) is 2.25. The quantitative estimate of drug-likeness (QED) is 0.672. The molecule has 2 rings (SSSR count). The molecule has 2 heterocycles. The van der Waals surface area contributed by atoms with Gasteiger partial charge in [-0.25, -0.2) is 9.97 Å². The summed E-state index contributed by atoms with van der Waals surface area (Å²) in [6.45, 7) is 4.42. The minimum absolute atomic E-state index is 0.989. The minimum Gasteiger partial charge on any atom is -0.248 e. The molecule has 0 aliphatic rings. The second-order valence-corrected chi connectivity index (χ2v) is 5.52. The molecular weight excluding hydrogens is 240 g/mol. The van der Waals surface area contributed by atoms with E-state index in [-0.39, 0.29) is 0 Å². The predicted octanol–water partition coefficient (Wildman–Crippen LogP) is 4.77. The van der Waals surface area contributed by atoms with Crippen LogP contribution in [0.5, 0.6) is 0 Å². The first kappa shape index (κ1) is 13.5. The summed E-state index contributed by atoms with van der Waals surface area (Å²) in [5.74, 6) is 0. The van der Waals surface area contributed by atoms with Gasteiger partial charge in [-0.05, 0) is 19.3 Å². The Morgan fingerprint density at radius 3 is 2.22 bits per heavy atom. The third kappa shape index (κ3) is 3.29. The molecule has 0 bridgehead atoms. The number of fused-ring (bicyclic) bond motifs is 1. The predicted molar refractivity (Wildman–Crippen MR) is 79.3 cm³/mol. The van der Waals surface area contributed by atoms with Crippen molar-refractivity contribution in [3.63, 3.8) is 0 Å². The van der Waals surface area contributed by atoms with Crippen LogP contribution >= 0.6 is 11.3 Å². The Morgan fingerprint density at radius 2 is 1.56 bits per heavy atom. The van der Waals surface area contributed by atoms with E-state index in [9.17, 15) is 0 Å². The Morgan fingerprint density at radius 1 is 0.889 bits per heavy atom. The lowest BCUT2D eigenvalue weighted by Crippen LogP contribution is -2.01. The van der Waals surface area contributed by atoms with E-state index in [0.29, 0.717) is 0 Å². The van der Waals surface area contributed by atoms with Gasteiger partial charge in [-0.1, -0.05) is 39.5 Å². The second-order valence-electron chi connectivity index (χ2n) is 4.78. The van der Waals surface area contributed by atoms with Crippen LogP contribution < -0.4 is 0 Å². The standard InChI is InChI=1S/C15H22N2S/c1-3-5-6-7-8-9-13-12(4-2)16-14-10-18-11-15(14)17-13/h10-11H,3-9H2,1-2H3. The molecule has 2 aromatic rings. The van der Waals surface area contributed by atoms with Crippen LogP contribution in [0.1, 0.15) is 57.3 Å².